The Bertz CT molecular complexity index is 258. The molecule has 0 fully saturated rings. The second-order valence-electron chi connectivity index (χ2n) is 2.15. The summed E-state index contributed by atoms with van der Waals surface area (Å²) in [5, 5.41) is 0. The van der Waals surface area contributed by atoms with Crippen LogP contribution >= 0.6 is 0 Å². The minimum atomic E-state index is -4.48. The minimum Gasteiger partial charge on any atom is -0.750 e. The zero-order valence-corrected chi connectivity index (χ0v) is 8.34. The Labute approximate surface area is 78.5 Å². The molecule has 7 nitrogen and oxygen atoms in total. The van der Waals surface area contributed by atoms with Crippen molar-refractivity contribution in [3.05, 3.63) is 0 Å². The second-order valence-corrected chi connectivity index (χ2v) is 3.84. The fourth-order valence-corrected chi connectivity index (χ4v) is 1.28. The highest BCUT2D eigenvalue weighted by atomic mass is 32.3. The standard InChI is InChI=1S/C4H10O7S2/c1-4(11-13(7,8)9)2-3-10-12(5)6/h4H,2-3H2,1H3,(H,5,6)(H,7,8,9)/p-1. The highest BCUT2D eigenvalue weighted by molar-refractivity contribution is 7.80. The van der Waals surface area contributed by atoms with Crippen LogP contribution in [-0.4, -0.2) is 34.4 Å². The minimum absolute atomic E-state index is 0.0355. The molecule has 0 radical (unpaired) electrons. The van der Waals surface area contributed by atoms with Gasteiger partial charge in [-0.1, -0.05) is 0 Å². The number of hydrogen-bond donors (Lipinski definition) is 1. The van der Waals surface area contributed by atoms with E-state index >= 15 is 0 Å². The van der Waals surface area contributed by atoms with Crippen LogP contribution in [0.25, 0.3) is 0 Å². The molecular weight excluding hydrogens is 224 g/mol. The maximum atomic E-state index is 10.1. The molecule has 0 rings (SSSR count). The Kier molecular flexibility index (Phi) is 5.60. The first kappa shape index (κ1) is 12.9. The summed E-state index contributed by atoms with van der Waals surface area (Å²) >= 11 is -2.62. The second kappa shape index (κ2) is 5.62. The van der Waals surface area contributed by atoms with Gasteiger partial charge in [-0.15, -0.1) is 0 Å². The third-order valence-electron chi connectivity index (χ3n) is 0.990. The van der Waals surface area contributed by atoms with Crippen molar-refractivity contribution in [2.24, 2.45) is 0 Å². The van der Waals surface area contributed by atoms with Crippen molar-refractivity contribution in [2.75, 3.05) is 6.61 Å². The van der Waals surface area contributed by atoms with Gasteiger partial charge in [0.1, 0.15) is 0 Å². The Hall–Kier alpha value is -0.0600. The SMILES string of the molecule is CC(CCOS(=O)[O-])OS(=O)(=O)O. The van der Waals surface area contributed by atoms with Crippen molar-refractivity contribution in [1.82, 2.24) is 0 Å². The molecule has 0 aliphatic heterocycles. The molecule has 13 heavy (non-hydrogen) atoms. The lowest BCUT2D eigenvalue weighted by molar-refractivity contribution is 0.164. The van der Waals surface area contributed by atoms with Crippen LogP contribution in [0.3, 0.4) is 0 Å². The van der Waals surface area contributed by atoms with Crippen LogP contribution in [0.1, 0.15) is 13.3 Å². The molecule has 0 aliphatic carbocycles. The van der Waals surface area contributed by atoms with Crippen LogP contribution in [0.4, 0.5) is 0 Å². The van der Waals surface area contributed by atoms with Crippen molar-refractivity contribution < 1.29 is 30.1 Å². The van der Waals surface area contributed by atoms with E-state index < -0.39 is 27.9 Å². The Morgan fingerprint density at radius 3 is 2.54 bits per heavy atom. The van der Waals surface area contributed by atoms with Gasteiger partial charge < -0.3 is 8.74 Å². The van der Waals surface area contributed by atoms with Crippen molar-refractivity contribution in [3.63, 3.8) is 0 Å². The summed E-state index contributed by atoms with van der Waals surface area (Å²) in [5.41, 5.74) is 0. The predicted octanol–water partition coefficient (Wildman–Crippen LogP) is -0.605. The highest BCUT2D eigenvalue weighted by Gasteiger charge is 2.11. The van der Waals surface area contributed by atoms with Crippen molar-refractivity contribution in [3.8, 4) is 0 Å². The van der Waals surface area contributed by atoms with Crippen LogP contribution < -0.4 is 0 Å². The van der Waals surface area contributed by atoms with E-state index in [1.165, 1.54) is 6.92 Å². The molecule has 0 saturated heterocycles. The van der Waals surface area contributed by atoms with Gasteiger partial charge in [-0.05, 0) is 13.3 Å². The van der Waals surface area contributed by atoms with E-state index in [2.05, 4.69) is 8.37 Å². The molecule has 0 aromatic heterocycles. The first-order valence-corrected chi connectivity index (χ1v) is 5.56. The molecule has 2 unspecified atom stereocenters. The van der Waals surface area contributed by atoms with Gasteiger partial charge in [0.05, 0.1) is 24.1 Å². The van der Waals surface area contributed by atoms with Gasteiger partial charge in [0.15, 0.2) is 0 Å². The molecule has 0 spiro atoms. The van der Waals surface area contributed by atoms with Gasteiger partial charge in [-0.3, -0.25) is 4.55 Å². The predicted molar refractivity (Wildman–Crippen MR) is 41.6 cm³/mol. The molecule has 0 bridgehead atoms. The summed E-state index contributed by atoms with van der Waals surface area (Å²) in [6.45, 7) is 1.15. The maximum absolute atomic E-state index is 10.1. The van der Waals surface area contributed by atoms with Crippen LogP contribution in [0.15, 0.2) is 0 Å². The zero-order valence-electron chi connectivity index (χ0n) is 6.70. The Morgan fingerprint density at radius 2 is 2.15 bits per heavy atom. The normalized spacial score (nSPS) is 16.8. The van der Waals surface area contributed by atoms with Crippen molar-refractivity contribution in [2.45, 2.75) is 19.4 Å². The third kappa shape index (κ3) is 9.86. The fraction of sp³-hybridized carbons (Fsp3) is 1.00. The van der Waals surface area contributed by atoms with Gasteiger partial charge >= 0.3 is 10.4 Å². The lowest BCUT2D eigenvalue weighted by Gasteiger charge is -2.10. The average molecular weight is 233 g/mol. The van der Waals surface area contributed by atoms with E-state index in [1.54, 1.807) is 0 Å². The van der Waals surface area contributed by atoms with Crippen LogP contribution in [0.2, 0.25) is 0 Å². The molecule has 0 amide bonds. The van der Waals surface area contributed by atoms with Gasteiger partial charge in [0.2, 0.25) is 0 Å². The average Bonchev–Trinajstić information content (AvgIpc) is 1.81. The fourth-order valence-electron chi connectivity index (χ4n) is 0.538. The van der Waals surface area contributed by atoms with E-state index in [9.17, 15) is 17.2 Å². The summed E-state index contributed by atoms with van der Waals surface area (Å²) in [6.07, 6.45) is -0.799. The maximum Gasteiger partial charge on any atom is 0.397 e. The summed E-state index contributed by atoms with van der Waals surface area (Å²) < 4.78 is 56.2. The molecule has 0 aromatic carbocycles. The van der Waals surface area contributed by atoms with E-state index in [0.29, 0.717) is 0 Å². The highest BCUT2D eigenvalue weighted by Crippen LogP contribution is 2.01. The summed E-state index contributed by atoms with van der Waals surface area (Å²) in [6, 6.07) is 0. The first-order valence-electron chi connectivity index (χ1n) is 3.19. The molecule has 2 atom stereocenters. The molecule has 0 saturated carbocycles. The van der Waals surface area contributed by atoms with Crippen LogP contribution in [-0.2, 0) is 30.1 Å². The number of rotatable bonds is 6. The third-order valence-corrected chi connectivity index (χ3v) is 1.92. The molecule has 1 N–H and O–H groups in total. The smallest absolute Gasteiger partial charge is 0.397 e. The van der Waals surface area contributed by atoms with E-state index in [0.717, 1.165) is 0 Å². The van der Waals surface area contributed by atoms with Gasteiger partial charge in [-0.2, -0.15) is 8.42 Å². The van der Waals surface area contributed by atoms with Crippen molar-refractivity contribution in [1.29, 1.82) is 0 Å². The topological polar surface area (TPSA) is 113 Å². The summed E-state index contributed by atoms with van der Waals surface area (Å²) in [5.74, 6) is 0. The van der Waals surface area contributed by atoms with Gasteiger partial charge in [0, 0.05) is 0 Å². The monoisotopic (exact) mass is 233 g/mol. The first-order chi connectivity index (χ1) is 5.81. The lowest BCUT2D eigenvalue weighted by atomic mass is 10.3. The van der Waals surface area contributed by atoms with Crippen LogP contribution in [0, 0.1) is 0 Å². The van der Waals surface area contributed by atoms with Crippen LogP contribution in [0.5, 0.6) is 0 Å². The molecule has 80 valence electrons. The van der Waals surface area contributed by atoms with E-state index in [4.69, 9.17) is 4.55 Å². The number of hydrogen-bond acceptors (Lipinski definition) is 6. The molecular formula is C4H9O7S2-. The summed E-state index contributed by atoms with van der Waals surface area (Å²) in [7, 11) is -4.48. The molecule has 0 heterocycles. The van der Waals surface area contributed by atoms with Gasteiger partial charge in [-0.25, -0.2) is 8.39 Å². The Balaban J connectivity index is 3.64. The van der Waals surface area contributed by atoms with Crippen molar-refractivity contribution >= 4 is 21.8 Å². The van der Waals surface area contributed by atoms with Gasteiger partial charge in [0.25, 0.3) is 0 Å². The quantitative estimate of drug-likeness (QED) is 0.481. The molecule has 0 aliphatic rings. The van der Waals surface area contributed by atoms with E-state index in [1.807, 2.05) is 0 Å². The van der Waals surface area contributed by atoms with E-state index in [-0.39, 0.29) is 13.0 Å². The summed E-state index contributed by atoms with van der Waals surface area (Å²) in [4.78, 5) is 0. The largest absolute Gasteiger partial charge is 0.750 e. The molecule has 9 heteroatoms. The Morgan fingerprint density at radius 1 is 1.62 bits per heavy atom. The lowest BCUT2D eigenvalue weighted by Crippen LogP contribution is -2.16. The zero-order chi connectivity index (χ0) is 10.5. The molecule has 0 aromatic rings.